The van der Waals surface area contributed by atoms with E-state index in [-0.39, 0.29) is 12.3 Å². The van der Waals surface area contributed by atoms with Crippen LogP contribution < -0.4 is 4.57 Å². The highest BCUT2D eigenvalue weighted by Gasteiger charge is 2.17. The van der Waals surface area contributed by atoms with Crippen molar-refractivity contribution in [1.29, 1.82) is 5.26 Å². The fourth-order valence-electron chi connectivity index (χ4n) is 2.46. The Labute approximate surface area is 135 Å². The molecule has 2 aromatic carbocycles. The Hall–Kier alpha value is -3.25. The van der Waals surface area contributed by atoms with Gasteiger partial charge in [0.2, 0.25) is 18.0 Å². The Morgan fingerprint density at radius 3 is 2.30 bits per heavy atom. The van der Waals surface area contributed by atoms with Gasteiger partial charge in [-0.25, -0.2) is 0 Å². The third-order valence-electron chi connectivity index (χ3n) is 3.66. The summed E-state index contributed by atoms with van der Waals surface area (Å²) in [6.07, 6.45) is 1.90. The van der Waals surface area contributed by atoms with E-state index in [4.69, 9.17) is 5.26 Å². The molecule has 0 fully saturated rings. The average molecular weight is 299 g/mol. The van der Waals surface area contributed by atoms with Crippen molar-refractivity contribution < 1.29 is 9.36 Å². The second kappa shape index (κ2) is 6.67. The summed E-state index contributed by atoms with van der Waals surface area (Å²) in [5.74, 6) is 0.0664. The van der Waals surface area contributed by atoms with Crippen LogP contribution in [0.4, 0.5) is 0 Å². The number of carbonyl (C=O) groups is 1. The summed E-state index contributed by atoms with van der Waals surface area (Å²) in [5, 5.41) is 8.90. The molecule has 1 heterocycles. The van der Waals surface area contributed by atoms with Crippen molar-refractivity contribution >= 4 is 5.78 Å². The Morgan fingerprint density at radius 2 is 1.61 bits per heavy atom. The Bertz CT molecular complexity index is 862. The maximum Gasteiger partial charge on any atom is 0.227 e. The first-order valence-electron chi connectivity index (χ1n) is 7.35. The topological polar surface area (TPSA) is 44.7 Å². The van der Waals surface area contributed by atoms with Crippen LogP contribution in [0, 0.1) is 11.3 Å². The minimum Gasteiger partial charge on any atom is -0.287 e. The van der Waals surface area contributed by atoms with Gasteiger partial charge in [0, 0.05) is 23.3 Å². The third-order valence-corrected chi connectivity index (χ3v) is 3.66. The molecule has 0 aliphatic heterocycles. The van der Waals surface area contributed by atoms with Gasteiger partial charge >= 0.3 is 0 Å². The zero-order valence-electron chi connectivity index (χ0n) is 12.5. The fourth-order valence-corrected chi connectivity index (χ4v) is 2.46. The van der Waals surface area contributed by atoms with Crippen LogP contribution in [0.25, 0.3) is 11.3 Å². The number of hydrogen-bond donors (Lipinski definition) is 0. The Kier molecular flexibility index (Phi) is 4.26. The van der Waals surface area contributed by atoms with Crippen molar-refractivity contribution in [2.75, 3.05) is 0 Å². The molecule has 0 aliphatic carbocycles. The highest BCUT2D eigenvalue weighted by Crippen LogP contribution is 2.16. The lowest BCUT2D eigenvalue weighted by molar-refractivity contribution is -0.672. The summed E-state index contributed by atoms with van der Waals surface area (Å²) in [7, 11) is 0. The first-order valence-corrected chi connectivity index (χ1v) is 7.35. The molecule has 23 heavy (non-hydrogen) atoms. The second-order valence-electron chi connectivity index (χ2n) is 5.19. The minimum atomic E-state index is 0.0664. The van der Waals surface area contributed by atoms with E-state index < -0.39 is 0 Å². The predicted octanol–water partition coefficient (Wildman–Crippen LogP) is 3.40. The van der Waals surface area contributed by atoms with Crippen molar-refractivity contribution in [2.24, 2.45) is 0 Å². The van der Waals surface area contributed by atoms with Crippen LogP contribution in [0.1, 0.15) is 15.9 Å². The molecule has 0 bridgehead atoms. The summed E-state index contributed by atoms with van der Waals surface area (Å²) >= 11 is 0. The first kappa shape index (κ1) is 14.7. The lowest BCUT2D eigenvalue weighted by atomic mass is 10.1. The standard InChI is InChI=1S/C20H15N2O/c21-14-16-9-11-17(12-10-16)19-8-4-5-13-22(19)15-20(23)18-6-2-1-3-7-18/h1-13H,15H2/q+1. The monoisotopic (exact) mass is 299 g/mol. The number of benzene rings is 2. The van der Waals surface area contributed by atoms with E-state index in [2.05, 4.69) is 6.07 Å². The van der Waals surface area contributed by atoms with E-state index in [0.717, 1.165) is 11.3 Å². The van der Waals surface area contributed by atoms with Gasteiger partial charge in [-0.05, 0) is 30.3 Å². The zero-order valence-corrected chi connectivity index (χ0v) is 12.5. The lowest BCUT2D eigenvalue weighted by Crippen LogP contribution is -2.39. The number of rotatable bonds is 4. The molecule has 0 amide bonds. The maximum absolute atomic E-state index is 12.4. The molecule has 0 saturated heterocycles. The molecule has 110 valence electrons. The Morgan fingerprint density at radius 1 is 0.913 bits per heavy atom. The van der Waals surface area contributed by atoms with E-state index >= 15 is 0 Å². The second-order valence-corrected chi connectivity index (χ2v) is 5.19. The fraction of sp³-hybridized carbons (Fsp3) is 0.0500. The number of carbonyl (C=O) groups excluding carboxylic acids is 1. The summed E-state index contributed by atoms with van der Waals surface area (Å²) < 4.78 is 1.93. The van der Waals surface area contributed by atoms with Crippen LogP contribution in [0.15, 0.2) is 79.0 Å². The third kappa shape index (κ3) is 3.33. The van der Waals surface area contributed by atoms with Crippen molar-refractivity contribution in [3.05, 3.63) is 90.1 Å². The highest BCUT2D eigenvalue weighted by molar-refractivity contribution is 5.95. The van der Waals surface area contributed by atoms with Gasteiger partial charge in [-0.15, -0.1) is 0 Å². The smallest absolute Gasteiger partial charge is 0.227 e. The summed E-state index contributed by atoms with van der Waals surface area (Å²) in [5.41, 5.74) is 3.25. The number of Topliss-reactive ketones (excluding diaryl/α,β-unsaturated/α-hetero) is 1. The van der Waals surface area contributed by atoms with Gasteiger partial charge in [-0.1, -0.05) is 30.3 Å². The summed E-state index contributed by atoms with van der Waals surface area (Å²) in [4.78, 5) is 12.4. The molecule has 0 saturated carbocycles. The molecule has 0 atom stereocenters. The summed E-state index contributed by atoms with van der Waals surface area (Å²) in [6.45, 7) is 0.278. The molecule has 3 heteroatoms. The van der Waals surface area contributed by atoms with Crippen LogP contribution in [-0.2, 0) is 6.54 Å². The van der Waals surface area contributed by atoms with Crippen molar-refractivity contribution in [3.63, 3.8) is 0 Å². The van der Waals surface area contributed by atoms with Gasteiger partial charge in [-0.3, -0.25) is 4.79 Å². The van der Waals surface area contributed by atoms with E-state index in [1.165, 1.54) is 0 Å². The van der Waals surface area contributed by atoms with Gasteiger partial charge < -0.3 is 0 Å². The van der Waals surface area contributed by atoms with Gasteiger partial charge in [0.1, 0.15) is 0 Å². The highest BCUT2D eigenvalue weighted by atomic mass is 16.1. The number of nitriles is 1. The normalized spacial score (nSPS) is 10.0. The molecule has 1 aromatic heterocycles. The van der Waals surface area contributed by atoms with E-state index in [1.807, 2.05) is 71.4 Å². The molecule has 0 unspecified atom stereocenters. The summed E-state index contributed by atoms with van der Waals surface area (Å²) in [6, 6.07) is 24.6. The molecule has 0 N–H and O–H groups in total. The molecule has 0 aliphatic rings. The van der Waals surface area contributed by atoms with Crippen LogP contribution in [0.3, 0.4) is 0 Å². The van der Waals surface area contributed by atoms with Crippen LogP contribution in [0.5, 0.6) is 0 Å². The van der Waals surface area contributed by atoms with Crippen molar-refractivity contribution in [1.82, 2.24) is 0 Å². The van der Waals surface area contributed by atoms with Gasteiger partial charge in [-0.2, -0.15) is 9.83 Å². The van der Waals surface area contributed by atoms with Gasteiger partial charge in [0.25, 0.3) is 0 Å². The number of aromatic nitrogens is 1. The molecule has 0 spiro atoms. The predicted molar refractivity (Wildman–Crippen MR) is 87.6 cm³/mol. The zero-order chi connectivity index (χ0) is 16.1. The van der Waals surface area contributed by atoms with Crippen LogP contribution in [-0.4, -0.2) is 5.78 Å². The van der Waals surface area contributed by atoms with E-state index in [1.54, 1.807) is 12.1 Å². The van der Waals surface area contributed by atoms with Crippen LogP contribution >= 0.6 is 0 Å². The number of ketones is 1. The molecule has 3 rings (SSSR count). The quantitative estimate of drug-likeness (QED) is 0.547. The maximum atomic E-state index is 12.4. The van der Waals surface area contributed by atoms with Gasteiger partial charge in [0.15, 0.2) is 6.20 Å². The number of nitrogens with zero attached hydrogens (tertiary/aromatic N) is 2. The van der Waals surface area contributed by atoms with E-state index in [0.29, 0.717) is 11.1 Å². The molecular weight excluding hydrogens is 284 g/mol. The molecule has 3 aromatic rings. The molecule has 0 radical (unpaired) electrons. The molecular formula is C20H15N2O+. The Balaban J connectivity index is 1.92. The largest absolute Gasteiger partial charge is 0.287 e. The first-order chi connectivity index (χ1) is 11.3. The van der Waals surface area contributed by atoms with Crippen LogP contribution in [0.2, 0.25) is 0 Å². The lowest BCUT2D eigenvalue weighted by Gasteiger charge is -2.04. The number of hydrogen-bond acceptors (Lipinski definition) is 2. The van der Waals surface area contributed by atoms with Gasteiger partial charge in [0.05, 0.1) is 11.6 Å². The van der Waals surface area contributed by atoms with Crippen molar-refractivity contribution in [3.8, 4) is 17.3 Å². The SMILES string of the molecule is N#Cc1ccc(-c2cccc[n+]2CC(=O)c2ccccc2)cc1. The minimum absolute atomic E-state index is 0.0664. The van der Waals surface area contributed by atoms with E-state index in [9.17, 15) is 4.79 Å². The number of pyridine rings is 1. The molecule has 3 nitrogen and oxygen atoms in total. The van der Waals surface area contributed by atoms with Crippen molar-refractivity contribution in [2.45, 2.75) is 6.54 Å². The average Bonchev–Trinajstić information content (AvgIpc) is 2.63.